The first-order valence-electron chi connectivity index (χ1n) is 7.92. The molecule has 1 aromatic heterocycles. The van der Waals surface area contributed by atoms with Crippen molar-refractivity contribution >= 4 is 21.9 Å². The summed E-state index contributed by atoms with van der Waals surface area (Å²) in [6, 6.07) is 11.7. The number of halogens is 1. The number of guanidine groups is 1. The molecule has 0 saturated heterocycles. The highest BCUT2D eigenvalue weighted by Gasteiger charge is 2.26. The monoisotopic (exact) mass is 393 g/mol. The van der Waals surface area contributed by atoms with Gasteiger partial charge in [-0.1, -0.05) is 28.1 Å². The van der Waals surface area contributed by atoms with Crippen molar-refractivity contribution in [3.63, 3.8) is 0 Å². The van der Waals surface area contributed by atoms with Gasteiger partial charge in [-0.3, -0.25) is 0 Å². The zero-order valence-electron chi connectivity index (χ0n) is 14.3. The number of benzene rings is 1. The van der Waals surface area contributed by atoms with Gasteiger partial charge in [0.2, 0.25) is 0 Å². The van der Waals surface area contributed by atoms with Crippen LogP contribution in [0, 0.1) is 0 Å². The van der Waals surface area contributed by atoms with Gasteiger partial charge in [0.25, 0.3) is 0 Å². The van der Waals surface area contributed by atoms with Crippen molar-refractivity contribution in [2.75, 3.05) is 20.1 Å². The molecule has 2 aromatic rings. The Hall–Kier alpha value is -1.79. The van der Waals surface area contributed by atoms with E-state index in [1.807, 2.05) is 31.0 Å². The fourth-order valence-corrected chi connectivity index (χ4v) is 2.56. The number of aliphatic imine (C=N–C) groups is 1. The Morgan fingerprint density at radius 3 is 2.62 bits per heavy atom. The molecule has 1 aromatic carbocycles. The van der Waals surface area contributed by atoms with E-state index in [1.54, 1.807) is 25.3 Å². The summed E-state index contributed by atoms with van der Waals surface area (Å²) in [6.07, 6.45) is 1.55. The van der Waals surface area contributed by atoms with Crippen LogP contribution in [0.1, 0.15) is 25.2 Å². The van der Waals surface area contributed by atoms with Crippen molar-refractivity contribution < 1.29 is 9.52 Å². The highest BCUT2D eigenvalue weighted by molar-refractivity contribution is 9.10. The van der Waals surface area contributed by atoms with Gasteiger partial charge in [-0.25, -0.2) is 4.99 Å². The van der Waals surface area contributed by atoms with Crippen molar-refractivity contribution in [3.8, 4) is 0 Å². The molecular formula is C18H24BrN3O2. The summed E-state index contributed by atoms with van der Waals surface area (Å²) in [6.45, 7) is 5.42. The van der Waals surface area contributed by atoms with Crippen LogP contribution in [0.25, 0.3) is 0 Å². The minimum absolute atomic E-state index is 0.216. The third-order valence-electron chi connectivity index (χ3n) is 3.62. The summed E-state index contributed by atoms with van der Waals surface area (Å²) in [5, 5.41) is 13.8. The number of aliphatic hydroxyl groups is 1. The van der Waals surface area contributed by atoms with Gasteiger partial charge in [-0.2, -0.15) is 0 Å². The van der Waals surface area contributed by atoms with E-state index in [4.69, 9.17) is 4.42 Å². The van der Waals surface area contributed by atoms with Crippen LogP contribution in [0.3, 0.4) is 0 Å². The molecule has 0 fully saturated rings. The zero-order chi connectivity index (χ0) is 17.6. The van der Waals surface area contributed by atoms with Crippen LogP contribution in [0.2, 0.25) is 0 Å². The third-order valence-corrected chi connectivity index (χ3v) is 4.15. The van der Waals surface area contributed by atoms with Gasteiger partial charge >= 0.3 is 0 Å². The summed E-state index contributed by atoms with van der Waals surface area (Å²) in [4.78, 5) is 6.60. The molecule has 130 valence electrons. The Labute approximate surface area is 151 Å². The maximum absolute atomic E-state index is 10.5. The molecule has 0 spiro atoms. The van der Waals surface area contributed by atoms with Gasteiger partial charge < -0.3 is 19.7 Å². The highest BCUT2D eigenvalue weighted by atomic mass is 79.9. The molecule has 24 heavy (non-hydrogen) atoms. The molecule has 1 heterocycles. The van der Waals surface area contributed by atoms with Gasteiger partial charge in [0, 0.05) is 24.6 Å². The molecule has 1 atom stereocenters. The molecular weight excluding hydrogens is 370 g/mol. The molecule has 0 amide bonds. The lowest BCUT2D eigenvalue weighted by molar-refractivity contribution is 0.0435. The first kappa shape index (κ1) is 18.5. The summed E-state index contributed by atoms with van der Waals surface area (Å²) >= 11 is 3.44. The molecule has 2 N–H and O–H groups in total. The van der Waals surface area contributed by atoms with Crippen molar-refractivity contribution in [3.05, 3.63) is 58.5 Å². The first-order valence-corrected chi connectivity index (χ1v) is 8.72. The lowest BCUT2D eigenvalue weighted by atomic mass is 10.0. The average molecular weight is 394 g/mol. The van der Waals surface area contributed by atoms with E-state index in [0.717, 1.165) is 23.5 Å². The average Bonchev–Trinajstić information content (AvgIpc) is 3.09. The molecule has 0 aliphatic carbocycles. The van der Waals surface area contributed by atoms with E-state index in [2.05, 4.69) is 38.4 Å². The van der Waals surface area contributed by atoms with E-state index in [9.17, 15) is 5.11 Å². The van der Waals surface area contributed by atoms with Crippen LogP contribution < -0.4 is 5.32 Å². The predicted molar refractivity (Wildman–Crippen MR) is 99.9 cm³/mol. The van der Waals surface area contributed by atoms with Gasteiger partial charge in [0.15, 0.2) is 5.96 Å². The van der Waals surface area contributed by atoms with Crippen molar-refractivity contribution in [2.45, 2.75) is 26.0 Å². The van der Waals surface area contributed by atoms with E-state index in [-0.39, 0.29) is 6.54 Å². The first-order chi connectivity index (χ1) is 11.4. The largest absolute Gasteiger partial charge is 0.466 e. The van der Waals surface area contributed by atoms with Crippen LogP contribution >= 0.6 is 15.9 Å². The molecule has 0 aliphatic rings. The SMILES string of the molecule is CCNC(=NCC(C)(O)c1ccco1)N(C)Cc1ccc(Br)cc1. The van der Waals surface area contributed by atoms with Crippen LogP contribution in [-0.4, -0.2) is 36.1 Å². The molecule has 0 saturated carbocycles. The molecule has 1 unspecified atom stereocenters. The topological polar surface area (TPSA) is 61.0 Å². The standard InChI is InChI=1S/C18H24BrN3O2/c1-4-20-17(21-13-18(2,23)16-6-5-11-24-16)22(3)12-14-7-9-15(19)10-8-14/h5-11,23H,4,12-13H2,1-3H3,(H,20,21). The van der Waals surface area contributed by atoms with E-state index in [1.165, 1.54) is 5.56 Å². The Morgan fingerprint density at radius 1 is 1.33 bits per heavy atom. The molecule has 0 bridgehead atoms. The minimum atomic E-state index is -1.14. The highest BCUT2D eigenvalue weighted by Crippen LogP contribution is 2.21. The second-order valence-electron chi connectivity index (χ2n) is 5.90. The lowest BCUT2D eigenvalue weighted by Gasteiger charge is -2.24. The van der Waals surface area contributed by atoms with E-state index >= 15 is 0 Å². The maximum atomic E-state index is 10.5. The normalized spacial score (nSPS) is 14.3. The number of nitrogens with one attached hydrogen (secondary N) is 1. The van der Waals surface area contributed by atoms with Crippen molar-refractivity contribution in [1.29, 1.82) is 0 Å². The Morgan fingerprint density at radius 2 is 2.04 bits per heavy atom. The van der Waals surface area contributed by atoms with Crippen LogP contribution in [-0.2, 0) is 12.1 Å². The second-order valence-corrected chi connectivity index (χ2v) is 6.82. The van der Waals surface area contributed by atoms with E-state index in [0.29, 0.717) is 5.76 Å². The summed E-state index contributed by atoms with van der Waals surface area (Å²) in [7, 11) is 1.98. The Kier molecular flexibility index (Phi) is 6.45. The molecule has 0 aliphatic heterocycles. The van der Waals surface area contributed by atoms with Crippen molar-refractivity contribution in [1.82, 2.24) is 10.2 Å². The number of rotatable bonds is 6. The van der Waals surface area contributed by atoms with Gasteiger partial charge in [0.1, 0.15) is 11.4 Å². The Bertz CT molecular complexity index is 651. The predicted octanol–water partition coefficient (Wildman–Crippen LogP) is 3.35. The number of furan rings is 1. The van der Waals surface area contributed by atoms with E-state index < -0.39 is 5.60 Å². The molecule has 2 rings (SSSR count). The zero-order valence-corrected chi connectivity index (χ0v) is 15.9. The van der Waals surface area contributed by atoms with Crippen LogP contribution in [0.5, 0.6) is 0 Å². The lowest BCUT2D eigenvalue weighted by Crippen LogP contribution is -2.39. The van der Waals surface area contributed by atoms with Gasteiger partial charge in [0.05, 0.1) is 12.8 Å². The number of hydrogen-bond donors (Lipinski definition) is 2. The van der Waals surface area contributed by atoms with Crippen molar-refractivity contribution in [2.24, 2.45) is 4.99 Å². The second kappa shape index (κ2) is 8.35. The molecule has 0 radical (unpaired) electrons. The maximum Gasteiger partial charge on any atom is 0.194 e. The smallest absolute Gasteiger partial charge is 0.194 e. The van der Waals surface area contributed by atoms with Crippen LogP contribution in [0.15, 0.2) is 56.5 Å². The third kappa shape index (κ3) is 5.11. The number of nitrogens with zero attached hydrogens (tertiary/aromatic N) is 2. The summed E-state index contributed by atoms with van der Waals surface area (Å²) < 4.78 is 6.36. The number of hydrogen-bond acceptors (Lipinski definition) is 3. The summed E-state index contributed by atoms with van der Waals surface area (Å²) in [5.41, 5.74) is 0.0481. The Balaban J connectivity index is 2.08. The minimum Gasteiger partial charge on any atom is -0.466 e. The van der Waals surface area contributed by atoms with Crippen LogP contribution in [0.4, 0.5) is 0 Å². The van der Waals surface area contributed by atoms with Gasteiger partial charge in [-0.05, 0) is 43.7 Å². The molecule has 5 nitrogen and oxygen atoms in total. The fourth-order valence-electron chi connectivity index (χ4n) is 2.30. The molecule has 6 heteroatoms. The summed E-state index contributed by atoms with van der Waals surface area (Å²) in [5.74, 6) is 1.25. The fraction of sp³-hybridized carbons (Fsp3) is 0.389. The van der Waals surface area contributed by atoms with Gasteiger partial charge in [-0.15, -0.1) is 0 Å². The quantitative estimate of drug-likeness (QED) is 0.583.